The Balaban J connectivity index is 1.87. The van der Waals surface area contributed by atoms with Gasteiger partial charge < -0.3 is 10.2 Å². The minimum atomic E-state index is -3.54. The van der Waals surface area contributed by atoms with Gasteiger partial charge in [-0.25, -0.2) is 8.42 Å². The first-order chi connectivity index (χ1) is 19.1. The van der Waals surface area contributed by atoms with Crippen LogP contribution in [0.1, 0.15) is 49.8 Å². The highest BCUT2D eigenvalue weighted by atomic mass is 32.2. The lowest BCUT2D eigenvalue weighted by molar-refractivity contribution is -0.141. The van der Waals surface area contributed by atoms with Crippen LogP contribution in [0.5, 0.6) is 0 Å². The lowest BCUT2D eigenvalue weighted by Crippen LogP contribution is -2.52. The highest BCUT2D eigenvalue weighted by molar-refractivity contribution is 7.92. The summed E-state index contributed by atoms with van der Waals surface area (Å²) in [6.45, 7) is 6.30. The number of rotatable bonds is 14. The normalized spacial score (nSPS) is 12.8. The third-order valence-corrected chi connectivity index (χ3v) is 8.10. The van der Waals surface area contributed by atoms with E-state index in [1.807, 2.05) is 99.6 Å². The molecule has 0 aliphatic rings. The van der Waals surface area contributed by atoms with Crippen molar-refractivity contribution in [3.05, 3.63) is 102 Å². The minimum absolute atomic E-state index is 0.0305. The molecule has 0 aliphatic heterocycles. The van der Waals surface area contributed by atoms with Crippen LogP contribution in [0.15, 0.2) is 84.9 Å². The Bertz CT molecular complexity index is 1350. The van der Waals surface area contributed by atoms with Crippen LogP contribution in [0.25, 0.3) is 0 Å². The summed E-state index contributed by atoms with van der Waals surface area (Å²) in [7, 11) is -3.54. The van der Waals surface area contributed by atoms with E-state index in [1.54, 1.807) is 11.0 Å². The van der Waals surface area contributed by atoms with Gasteiger partial charge in [-0.15, -0.1) is 0 Å². The molecule has 0 aromatic heterocycles. The van der Waals surface area contributed by atoms with Crippen molar-refractivity contribution in [1.82, 2.24) is 10.2 Å². The van der Waals surface area contributed by atoms with Gasteiger partial charge in [-0.3, -0.25) is 13.9 Å². The summed E-state index contributed by atoms with van der Waals surface area (Å²) in [5.41, 5.74) is 3.40. The van der Waals surface area contributed by atoms with Gasteiger partial charge in [-0.2, -0.15) is 0 Å². The van der Waals surface area contributed by atoms with E-state index in [2.05, 4.69) is 5.32 Å². The Morgan fingerprint density at radius 2 is 1.52 bits per heavy atom. The van der Waals surface area contributed by atoms with Gasteiger partial charge in [0, 0.05) is 32.0 Å². The average molecular weight is 564 g/mol. The molecule has 0 fully saturated rings. The first-order valence-corrected chi connectivity index (χ1v) is 15.7. The van der Waals surface area contributed by atoms with Crippen molar-refractivity contribution in [2.24, 2.45) is 0 Å². The molecule has 3 aromatic rings. The number of hydrogen-bond acceptors (Lipinski definition) is 4. The zero-order valence-electron chi connectivity index (χ0n) is 23.9. The Kier molecular flexibility index (Phi) is 11.3. The quantitative estimate of drug-likeness (QED) is 0.296. The molecule has 40 heavy (non-hydrogen) atoms. The number of carbonyl (C=O) groups excluding carboxylic acids is 2. The topological polar surface area (TPSA) is 86.8 Å². The largest absolute Gasteiger partial charge is 0.352 e. The van der Waals surface area contributed by atoms with Crippen LogP contribution in [-0.2, 0) is 32.6 Å². The maximum atomic E-state index is 13.8. The van der Waals surface area contributed by atoms with E-state index in [4.69, 9.17) is 0 Å². The van der Waals surface area contributed by atoms with Crippen LogP contribution in [-0.4, -0.2) is 50.0 Å². The number of carbonyl (C=O) groups is 2. The summed E-state index contributed by atoms with van der Waals surface area (Å²) in [6.07, 6.45) is 2.74. The smallest absolute Gasteiger partial charge is 0.243 e. The zero-order valence-corrected chi connectivity index (χ0v) is 24.7. The highest BCUT2D eigenvalue weighted by Gasteiger charge is 2.31. The summed E-state index contributed by atoms with van der Waals surface area (Å²) in [4.78, 5) is 29.1. The number of benzene rings is 3. The van der Waals surface area contributed by atoms with Gasteiger partial charge in [0.05, 0.1) is 11.9 Å². The van der Waals surface area contributed by atoms with Gasteiger partial charge in [-0.05, 0) is 55.5 Å². The zero-order chi connectivity index (χ0) is 29.1. The van der Waals surface area contributed by atoms with Crippen molar-refractivity contribution in [3.8, 4) is 0 Å². The van der Waals surface area contributed by atoms with E-state index in [0.717, 1.165) is 23.1 Å². The average Bonchev–Trinajstić information content (AvgIpc) is 2.93. The molecule has 3 rings (SSSR count). The molecule has 3 aromatic carbocycles. The molecule has 2 amide bonds. The molecule has 0 aliphatic carbocycles. The molecule has 0 heterocycles. The van der Waals surface area contributed by atoms with E-state index in [-0.39, 0.29) is 37.4 Å². The number of amides is 2. The Morgan fingerprint density at radius 1 is 0.900 bits per heavy atom. The summed E-state index contributed by atoms with van der Waals surface area (Å²) in [5, 5.41) is 3.07. The first kappa shape index (κ1) is 30.9. The Labute approximate surface area is 239 Å². The van der Waals surface area contributed by atoms with Gasteiger partial charge in [0.2, 0.25) is 21.8 Å². The SMILES string of the molecule is CC[C@H](C)NC(=O)[C@H](Cc1ccccc1)N(Cc1ccccc1)C(=O)CCCN(c1cccc(C)c1)S(C)(=O)=O. The van der Waals surface area contributed by atoms with Crippen molar-refractivity contribution in [3.63, 3.8) is 0 Å². The number of anilines is 1. The van der Waals surface area contributed by atoms with Crippen LogP contribution in [0.3, 0.4) is 0 Å². The van der Waals surface area contributed by atoms with E-state index >= 15 is 0 Å². The second-order valence-corrected chi connectivity index (χ2v) is 12.2. The van der Waals surface area contributed by atoms with Gasteiger partial charge in [0.1, 0.15) is 6.04 Å². The molecule has 7 nitrogen and oxygen atoms in total. The molecular formula is C32H41N3O4S. The van der Waals surface area contributed by atoms with E-state index in [9.17, 15) is 18.0 Å². The van der Waals surface area contributed by atoms with Crippen molar-refractivity contribution in [2.45, 2.75) is 65.1 Å². The van der Waals surface area contributed by atoms with E-state index in [0.29, 0.717) is 18.5 Å². The maximum absolute atomic E-state index is 13.8. The van der Waals surface area contributed by atoms with Gasteiger partial charge >= 0.3 is 0 Å². The third kappa shape index (κ3) is 9.23. The molecule has 0 saturated carbocycles. The summed E-state index contributed by atoms with van der Waals surface area (Å²) in [6, 6.07) is 25.9. The van der Waals surface area contributed by atoms with Gasteiger partial charge in [0.15, 0.2) is 0 Å². The molecule has 8 heteroatoms. The predicted octanol–water partition coefficient (Wildman–Crippen LogP) is 5.10. The monoisotopic (exact) mass is 563 g/mol. The highest BCUT2D eigenvalue weighted by Crippen LogP contribution is 2.21. The summed E-state index contributed by atoms with van der Waals surface area (Å²) < 4.78 is 26.5. The number of sulfonamides is 1. The first-order valence-electron chi connectivity index (χ1n) is 13.8. The standard InChI is InChI=1S/C32H41N3O4S/c1-5-26(3)33-32(37)30(23-27-15-8-6-9-16-27)34(24-28-17-10-7-11-18-28)31(36)20-13-21-35(40(4,38)39)29-19-12-14-25(2)22-29/h6-12,14-19,22,26,30H,5,13,20-21,23-24H2,1-4H3,(H,33,37)/t26-,30-/m0/s1. The minimum Gasteiger partial charge on any atom is -0.352 e. The summed E-state index contributed by atoms with van der Waals surface area (Å²) in [5.74, 6) is -0.387. The Hall–Kier alpha value is -3.65. The molecule has 214 valence electrons. The molecule has 0 spiro atoms. The number of nitrogens with zero attached hydrogens (tertiary/aromatic N) is 2. The Morgan fingerprint density at radius 3 is 2.10 bits per heavy atom. The maximum Gasteiger partial charge on any atom is 0.243 e. The van der Waals surface area contributed by atoms with Crippen molar-refractivity contribution in [1.29, 1.82) is 0 Å². The van der Waals surface area contributed by atoms with Crippen molar-refractivity contribution in [2.75, 3.05) is 17.1 Å². The van der Waals surface area contributed by atoms with E-state index in [1.165, 1.54) is 10.6 Å². The molecule has 0 unspecified atom stereocenters. The fraction of sp³-hybridized carbons (Fsp3) is 0.375. The molecule has 2 atom stereocenters. The third-order valence-electron chi connectivity index (χ3n) is 6.91. The fourth-order valence-electron chi connectivity index (χ4n) is 4.56. The van der Waals surface area contributed by atoms with Gasteiger partial charge in [0.25, 0.3) is 0 Å². The molecule has 0 radical (unpaired) electrons. The molecule has 0 bridgehead atoms. The molecule has 1 N–H and O–H groups in total. The molecule has 0 saturated heterocycles. The van der Waals surface area contributed by atoms with Crippen LogP contribution in [0, 0.1) is 6.92 Å². The lowest BCUT2D eigenvalue weighted by Gasteiger charge is -2.32. The van der Waals surface area contributed by atoms with Crippen LogP contribution < -0.4 is 9.62 Å². The second kappa shape index (κ2) is 14.7. The van der Waals surface area contributed by atoms with Crippen molar-refractivity contribution >= 4 is 27.5 Å². The summed E-state index contributed by atoms with van der Waals surface area (Å²) >= 11 is 0. The van der Waals surface area contributed by atoms with Crippen molar-refractivity contribution < 1.29 is 18.0 Å². The number of aryl methyl sites for hydroxylation is 1. The number of hydrogen-bond donors (Lipinski definition) is 1. The second-order valence-electron chi connectivity index (χ2n) is 10.3. The van der Waals surface area contributed by atoms with Crippen LogP contribution in [0.4, 0.5) is 5.69 Å². The van der Waals surface area contributed by atoms with Crippen LogP contribution >= 0.6 is 0 Å². The molecular weight excluding hydrogens is 522 g/mol. The number of nitrogens with one attached hydrogen (secondary N) is 1. The van der Waals surface area contributed by atoms with E-state index < -0.39 is 16.1 Å². The lowest BCUT2D eigenvalue weighted by atomic mass is 10.0. The van der Waals surface area contributed by atoms with Gasteiger partial charge in [-0.1, -0.05) is 79.7 Å². The predicted molar refractivity (Wildman–Crippen MR) is 161 cm³/mol. The van der Waals surface area contributed by atoms with Crippen LogP contribution in [0.2, 0.25) is 0 Å². The fourth-order valence-corrected chi connectivity index (χ4v) is 5.52.